The van der Waals surface area contributed by atoms with Crippen molar-refractivity contribution in [1.29, 1.82) is 0 Å². The Bertz CT molecular complexity index is 935. The summed E-state index contributed by atoms with van der Waals surface area (Å²) in [7, 11) is 0. The van der Waals surface area contributed by atoms with Crippen LogP contribution in [0.15, 0.2) is 30.7 Å². The SMILES string of the molecule is CCN(CC)c1ncnc2c1cnn2CC(=O)Nc1ccc(Cl)cc1C. The van der Waals surface area contributed by atoms with Crippen LogP contribution in [0.1, 0.15) is 19.4 Å². The van der Waals surface area contributed by atoms with E-state index in [0.29, 0.717) is 10.7 Å². The van der Waals surface area contributed by atoms with Crippen LogP contribution in [0, 0.1) is 6.92 Å². The number of hydrogen-bond acceptors (Lipinski definition) is 5. The van der Waals surface area contributed by atoms with Crippen molar-refractivity contribution >= 4 is 40.0 Å². The number of aryl methyl sites for hydroxylation is 1. The molecule has 0 fully saturated rings. The molecule has 0 saturated heterocycles. The van der Waals surface area contributed by atoms with Gasteiger partial charge in [-0.2, -0.15) is 5.10 Å². The van der Waals surface area contributed by atoms with Crippen LogP contribution in [-0.2, 0) is 11.3 Å². The largest absolute Gasteiger partial charge is 0.356 e. The second-order valence-electron chi connectivity index (χ2n) is 5.92. The van der Waals surface area contributed by atoms with Crippen molar-refractivity contribution in [2.75, 3.05) is 23.3 Å². The molecule has 26 heavy (non-hydrogen) atoms. The number of amides is 1. The van der Waals surface area contributed by atoms with E-state index in [0.717, 1.165) is 35.5 Å². The molecule has 1 amide bonds. The van der Waals surface area contributed by atoms with Gasteiger partial charge in [0.1, 0.15) is 18.7 Å². The standard InChI is InChI=1S/C18H21ClN6O/c1-4-24(5-2)17-14-9-22-25(18(14)21-11-20-17)10-16(26)23-15-7-6-13(19)8-12(15)3/h6-9,11H,4-5,10H2,1-3H3,(H,23,26). The molecule has 136 valence electrons. The van der Waals surface area contributed by atoms with Crippen LogP contribution in [0.25, 0.3) is 11.0 Å². The van der Waals surface area contributed by atoms with Gasteiger partial charge >= 0.3 is 0 Å². The van der Waals surface area contributed by atoms with Crippen LogP contribution in [0.3, 0.4) is 0 Å². The summed E-state index contributed by atoms with van der Waals surface area (Å²) in [5, 5.41) is 8.70. The number of nitrogens with one attached hydrogen (secondary N) is 1. The molecule has 3 rings (SSSR count). The molecule has 3 aromatic rings. The number of halogens is 1. The van der Waals surface area contributed by atoms with Gasteiger partial charge in [0.2, 0.25) is 5.91 Å². The first kappa shape index (κ1) is 18.1. The van der Waals surface area contributed by atoms with Gasteiger partial charge in [0.25, 0.3) is 0 Å². The second-order valence-corrected chi connectivity index (χ2v) is 6.35. The summed E-state index contributed by atoms with van der Waals surface area (Å²) in [5.41, 5.74) is 2.28. The zero-order chi connectivity index (χ0) is 18.7. The molecule has 0 bridgehead atoms. The zero-order valence-corrected chi connectivity index (χ0v) is 15.8. The topological polar surface area (TPSA) is 75.9 Å². The summed E-state index contributed by atoms with van der Waals surface area (Å²) in [6, 6.07) is 5.35. The summed E-state index contributed by atoms with van der Waals surface area (Å²) in [5.74, 6) is 0.656. The third kappa shape index (κ3) is 3.62. The van der Waals surface area contributed by atoms with Crippen molar-refractivity contribution in [2.45, 2.75) is 27.3 Å². The lowest BCUT2D eigenvalue weighted by molar-refractivity contribution is -0.116. The minimum Gasteiger partial charge on any atom is -0.356 e. The van der Waals surface area contributed by atoms with Crippen LogP contribution in [0.5, 0.6) is 0 Å². The lowest BCUT2D eigenvalue weighted by Gasteiger charge is -2.19. The Kier molecular flexibility index (Phi) is 5.37. The van der Waals surface area contributed by atoms with E-state index in [1.54, 1.807) is 23.0 Å². The predicted molar refractivity (Wildman–Crippen MR) is 104 cm³/mol. The molecule has 0 aliphatic carbocycles. The summed E-state index contributed by atoms with van der Waals surface area (Å²) < 4.78 is 1.59. The molecule has 7 nitrogen and oxygen atoms in total. The average Bonchev–Trinajstić information content (AvgIpc) is 3.02. The van der Waals surface area contributed by atoms with Crippen molar-refractivity contribution in [2.24, 2.45) is 0 Å². The molecule has 0 radical (unpaired) electrons. The molecule has 0 aliphatic heterocycles. The van der Waals surface area contributed by atoms with Crippen LogP contribution in [0.2, 0.25) is 5.02 Å². The van der Waals surface area contributed by atoms with Crippen LogP contribution < -0.4 is 10.2 Å². The first-order valence-electron chi connectivity index (χ1n) is 8.51. The lowest BCUT2D eigenvalue weighted by atomic mass is 10.2. The molecule has 0 unspecified atom stereocenters. The van der Waals surface area contributed by atoms with Crippen LogP contribution in [0.4, 0.5) is 11.5 Å². The molecular formula is C18H21ClN6O. The third-order valence-electron chi connectivity index (χ3n) is 4.23. The van der Waals surface area contributed by atoms with Gasteiger partial charge in [-0.15, -0.1) is 0 Å². The second kappa shape index (κ2) is 7.70. The highest BCUT2D eigenvalue weighted by atomic mass is 35.5. The Morgan fingerprint density at radius 1 is 1.27 bits per heavy atom. The first-order chi connectivity index (χ1) is 12.5. The number of fused-ring (bicyclic) bond motifs is 1. The Morgan fingerprint density at radius 3 is 2.73 bits per heavy atom. The van der Waals surface area contributed by atoms with E-state index in [9.17, 15) is 4.79 Å². The minimum absolute atomic E-state index is 0.0697. The van der Waals surface area contributed by atoms with Gasteiger partial charge in [-0.05, 0) is 44.5 Å². The van der Waals surface area contributed by atoms with Crippen molar-refractivity contribution < 1.29 is 4.79 Å². The molecule has 8 heteroatoms. The highest BCUT2D eigenvalue weighted by Crippen LogP contribution is 2.23. The van der Waals surface area contributed by atoms with E-state index in [1.807, 2.05) is 13.0 Å². The smallest absolute Gasteiger partial charge is 0.246 e. The van der Waals surface area contributed by atoms with Gasteiger partial charge in [-0.25, -0.2) is 14.6 Å². The summed E-state index contributed by atoms with van der Waals surface area (Å²) in [6.07, 6.45) is 3.22. The molecule has 1 aromatic carbocycles. The monoisotopic (exact) mass is 372 g/mol. The van der Waals surface area contributed by atoms with Crippen LogP contribution in [-0.4, -0.2) is 38.7 Å². The fourth-order valence-corrected chi connectivity index (χ4v) is 3.09. The fraction of sp³-hybridized carbons (Fsp3) is 0.333. The number of carbonyl (C=O) groups is 1. The molecule has 0 atom stereocenters. The fourth-order valence-electron chi connectivity index (χ4n) is 2.86. The van der Waals surface area contributed by atoms with Crippen molar-refractivity contribution in [3.63, 3.8) is 0 Å². The van der Waals surface area contributed by atoms with Gasteiger partial charge in [0.05, 0.1) is 11.6 Å². The normalized spacial score (nSPS) is 10.9. The molecule has 2 heterocycles. The number of hydrogen-bond donors (Lipinski definition) is 1. The summed E-state index contributed by atoms with van der Waals surface area (Å²) in [4.78, 5) is 23.2. The molecule has 0 saturated carbocycles. The Balaban J connectivity index is 1.83. The number of benzene rings is 1. The van der Waals surface area contributed by atoms with E-state index in [4.69, 9.17) is 11.6 Å². The van der Waals surface area contributed by atoms with E-state index in [-0.39, 0.29) is 12.5 Å². The Morgan fingerprint density at radius 2 is 2.04 bits per heavy atom. The van der Waals surface area contributed by atoms with Crippen molar-refractivity contribution in [1.82, 2.24) is 19.7 Å². The van der Waals surface area contributed by atoms with E-state index in [2.05, 4.69) is 39.1 Å². The molecule has 0 spiro atoms. The van der Waals surface area contributed by atoms with E-state index >= 15 is 0 Å². The first-order valence-corrected chi connectivity index (χ1v) is 8.88. The molecular weight excluding hydrogens is 352 g/mol. The van der Waals surface area contributed by atoms with E-state index < -0.39 is 0 Å². The highest BCUT2D eigenvalue weighted by Gasteiger charge is 2.15. The Hall–Kier alpha value is -2.67. The van der Waals surface area contributed by atoms with Crippen molar-refractivity contribution in [3.8, 4) is 0 Å². The Labute approximate surface area is 157 Å². The number of rotatable bonds is 6. The molecule has 1 N–H and O–H groups in total. The van der Waals surface area contributed by atoms with Gasteiger partial charge in [0.15, 0.2) is 5.65 Å². The summed E-state index contributed by atoms with van der Waals surface area (Å²) in [6.45, 7) is 7.79. The zero-order valence-electron chi connectivity index (χ0n) is 15.0. The molecule has 0 aliphatic rings. The minimum atomic E-state index is -0.177. The van der Waals surface area contributed by atoms with E-state index in [1.165, 1.54) is 6.33 Å². The number of carbonyl (C=O) groups excluding carboxylic acids is 1. The number of aromatic nitrogens is 4. The van der Waals surface area contributed by atoms with Gasteiger partial charge in [0, 0.05) is 23.8 Å². The van der Waals surface area contributed by atoms with Crippen molar-refractivity contribution in [3.05, 3.63) is 41.3 Å². The quantitative estimate of drug-likeness (QED) is 0.718. The number of nitrogens with zero attached hydrogens (tertiary/aromatic N) is 5. The van der Waals surface area contributed by atoms with Gasteiger partial charge < -0.3 is 10.2 Å². The van der Waals surface area contributed by atoms with Gasteiger partial charge in [-0.1, -0.05) is 11.6 Å². The lowest BCUT2D eigenvalue weighted by Crippen LogP contribution is -2.23. The van der Waals surface area contributed by atoms with Crippen LogP contribution >= 0.6 is 11.6 Å². The average molecular weight is 373 g/mol. The third-order valence-corrected chi connectivity index (χ3v) is 4.47. The maximum atomic E-state index is 12.4. The highest BCUT2D eigenvalue weighted by molar-refractivity contribution is 6.30. The predicted octanol–water partition coefficient (Wildman–Crippen LogP) is 3.27. The molecule has 2 aromatic heterocycles. The number of anilines is 2. The summed E-state index contributed by atoms with van der Waals surface area (Å²) >= 11 is 5.95. The van der Waals surface area contributed by atoms with Gasteiger partial charge in [-0.3, -0.25) is 4.79 Å². The maximum Gasteiger partial charge on any atom is 0.246 e. The maximum absolute atomic E-state index is 12.4.